The van der Waals surface area contributed by atoms with Crippen molar-refractivity contribution in [3.63, 3.8) is 0 Å². The Morgan fingerprint density at radius 3 is 2.58 bits per heavy atom. The summed E-state index contributed by atoms with van der Waals surface area (Å²) >= 11 is 0. The summed E-state index contributed by atoms with van der Waals surface area (Å²) in [5.41, 5.74) is 2.60. The number of aryl methyl sites for hydroxylation is 1. The lowest BCUT2D eigenvalue weighted by Gasteiger charge is -2.26. The normalized spacial score (nSPS) is 17.3. The van der Waals surface area contributed by atoms with Crippen molar-refractivity contribution in [2.24, 2.45) is 12.0 Å². The second-order valence-electron chi connectivity index (χ2n) is 12.0. The van der Waals surface area contributed by atoms with Crippen LogP contribution in [0, 0.1) is 0 Å². The lowest BCUT2D eigenvalue weighted by atomic mass is 10.1. The number of nitrogens with one attached hydrogen (secondary N) is 2. The van der Waals surface area contributed by atoms with Crippen LogP contribution < -0.4 is 24.8 Å². The van der Waals surface area contributed by atoms with Crippen LogP contribution in [0.1, 0.15) is 46.5 Å². The summed E-state index contributed by atoms with van der Waals surface area (Å²) in [4.78, 5) is 47.5. The Bertz CT molecular complexity index is 1650. The minimum atomic E-state index is -0.298. The molecular formula is C35H42N6O7. The van der Waals surface area contributed by atoms with Crippen LogP contribution in [0.15, 0.2) is 53.7 Å². The summed E-state index contributed by atoms with van der Waals surface area (Å²) in [6.45, 7) is 5.75. The average molecular weight is 659 g/mol. The van der Waals surface area contributed by atoms with Gasteiger partial charge < -0.3 is 39.0 Å². The number of morpholine rings is 1. The number of nitrogens with zero attached hydrogens (tertiary/aromatic N) is 4. The van der Waals surface area contributed by atoms with Crippen LogP contribution in [0.5, 0.6) is 17.2 Å². The second-order valence-corrected chi connectivity index (χ2v) is 12.0. The van der Waals surface area contributed by atoms with Crippen LogP contribution >= 0.6 is 0 Å². The summed E-state index contributed by atoms with van der Waals surface area (Å²) in [6, 6.07) is 12.3. The van der Waals surface area contributed by atoms with Crippen LogP contribution in [0.2, 0.25) is 0 Å². The van der Waals surface area contributed by atoms with Crippen molar-refractivity contribution in [2.75, 3.05) is 70.3 Å². The number of hydrogen-bond donors (Lipinski definition) is 2. The minimum Gasteiger partial charge on any atom is -0.493 e. The molecule has 48 heavy (non-hydrogen) atoms. The Balaban J connectivity index is 0.951. The molecule has 3 aromatic rings. The zero-order chi connectivity index (χ0) is 33.5. The summed E-state index contributed by atoms with van der Waals surface area (Å²) in [6.07, 6.45) is 6.05. The number of hydrogen-bond acceptors (Lipinski definition) is 9. The van der Waals surface area contributed by atoms with E-state index in [1.165, 1.54) is 7.11 Å². The Labute approximate surface area is 279 Å². The number of rotatable bonds is 13. The Morgan fingerprint density at radius 1 is 0.979 bits per heavy atom. The van der Waals surface area contributed by atoms with Gasteiger partial charge in [-0.15, -0.1) is 0 Å². The van der Waals surface area contributed by atoms with Gasteiger partial charge in [0.05, 0.1) is 49.9 Å². The largest absolute Gasteiger partial charge is 0.493 e. The zero-order valence-corrected chi connectivity index (χ0v) is 27.4. The first-order chi connectivity index (χ1) is 23.4. The number of carbonyl (C=O) groups excluding carboxylic acids is 3. The highest BCUT2D eigenvalue weighted by atomic mass is 16.5. The molecule has 3 amide bonds. The van der Waals surface area contributed by atoms with Crippen molar-refractivity contribution < 1.29 is 33.3 Å². The predicted molar refractivity (Wildman–Crippen MR) is 181 cm³/mol. The molecule has 0 unspecified atom stereocenters. The molecule has 254 valence electrons. The number of benzene rings is 2. The van der Waals surface area contributed by atoms with Crippen molar-refractivity contribution in [3.05, 3.63) is 59.9 Å². The van der Waals surface area contributed by atoms with Crippen molar-refractivity contribution >= 4 is 41.0 Å². The number of amides is 3. The molecule has 2 saturated heterocycles. The van der Waals surface area contributed by atoms with Crippen LogP contribution in [-0.2, 0) is 16.6 Å². The fourth-order valence-corrected chi connectivity index (χ4v) is 6.06. The van der Waals surface area contributed by atoms with Gasteiger partial charge in [0, 0.05) is 63.8 Å². The second kappa shape index (κ2) is 15.3. The minimum absolute atomic E-state index is 0.0166. The van der Waals surface area contributed by atoms with E-state index in [4.69, 9.17) is 18.9 Å². The van der Waals surface area contributed by atoms with E-state index in [-0.39, 0.29) is 36.8 Å². The van der Waals surface area contributed by atoms with E-state index in [0.717, 1.165) is 58.0 Å². The summed E-state index contributed by atoms with van der Waals surface area (Å²) in [7, 11) is 3.28. The topological polar surface area (TPSA) is 136 Å². The van der Waals surface area contributed by atoms with Crippen LogP contribution in [-0.4, -0.2) is 104 Å². The summed E-state index contributed by atoms with van der Waals surface area (Å²) < 4.78 is 24.3. The van der Waals surface area contributed by atoms with Gasteiger partial charge in [0.2, 0.25) is 5.91 Å². The quantitative estimate of drug-likeness (QED) is 0.262. The highest BCUT2D eigenvalue weighted by Crippen LogP contribution is 2.38. The highest BCUT2D eigenvalue weighted by Gasteiger charge is 2.32. The Hall–Kier alpha value is -4.88. The van der Waals surface area contributed by atoms with E-state index in [1.54, 1.807) is 48.1 Å². The highest BCUT2D eigenvalue weighted by molar-refractivity contribution is 6.05. The van der Waals surface area contributed by atoms with E-state index >= 15 is 0 Å². The molecule has 6 rings (SSSR count). The predicted octanol–water partition coefficient (Wildman–Crippen LogP) is 4.12. The molecule has 2 N–H and O–H groups in total. The monoisotopic (exact) mass is 658 g/mol. The number of ether oxygens (including phenoxy) is 4. The molecule has 1 aromatic heterocycles. The molecule has 0 spiro atoms. The van der Waals surface area contributed by atoms with Gasteiger partial charge in [-0.3, -0.25) is 24.3 Å². The average Bonchev–Trinajstić information content (AvgIpc) is 3.69. The number of aromatic nitrogens is 1. The Morgan fingerprint density at radius 2 is 1.79 bits per heavy atom. The first-order valence-corrected chi connectivity index (χ1v) is 16.4. The molecule has 2 aromatic carbocycles. The SMILES string of the molecule is COc1cc2c(cc1OCCCC(=O)Nc1cc(C(=O)Nc3ccc(OCCN4CCOCC4)cc3)n(C)c1)N=C[C@@H]1CCCN1C2=O. The number of carbonyl (C=O) groups is 3. The van der Waals surface area contributed by atoms with Gasteiger partial charge >= 0.3 is 0 Å². The molecule has 0 saturated carbocycles. The molecule has 3 aliphatic heterocycles. The van der Waals surface area contributed by atoms with Crippen LogP contribution in [0.3, 0.4) is 0 Å². The summed E-state index contributed by atoms with van der Waals surface area (Å²) in [5.74, 6) is 1.09. The van der Waals surface area contributed by atoms with Crippen molar-refractivity contribution in [3.8, 4) is 17.2 Å². The summed E-state index contributed by atoms with van der Waals surface area (Å²) in [5, 5.41) is 5.75. The molecule has 0 bridgehead atoms. The first kappa shape index (κ1) is 33.0. The van der Waals surface area contributed by atoms with Crippen molar-refractivity contribution in [1.82, 2.24) is 14.4 Å². The molecule has 13 heteroatoms. The van der Waals surface area contributed by atoms with Crippen LogP contribution in [0.25, 0.3) is 0 Å². The fourth-order valence-electron chi connectivity index (χ4n) is 6.06. The van der Waals surface area contributed by atoms with Crippen LogP contribution in [0.4, 0.5) is 17.1 Å². The standard InChI is InChI=1S/C35H42N6O7/c1-39-23-25(19-30(39)34(43)38-24-7-9-27(10-8-24)47-18-14-40-12-16-46-17-13-40)37-33(42)6-4-15-48-32-21-29-28(20-31(32)45-2)35(44)41-11-3-5-26(41)22-36-29/h7-10,19-23,26H,3-6,11-18H2,1-2H3,(H,37,42)(H,38,43)/t26-/m0/s1. The van der Waals surface area contributed by atoms with Crippen molar-refractivity contribution in [2.45, 2.75) is 31.7 Å². The van der Waals surface area contributed by atoms with E-state index in [2.05, 4.69) is 20.5 Å². The molecular weight excluding hydrogens is 616 g/mol. The number of anilines is 2. The zero-order valence-electron chi connectivity index (χ0n) is 27.4. The maximum absolute atomic E-state index is 13.1. The maximum atomic E-state index is 13.1. The van der Waals surface area contributed by atoms with Gasteiger partial charge in [-0.05, 0) is 55.7 Å². The molecule has 1 atom stereocenters. The van der Waals surface area contributed by atoms with Gasteiger partial charge in [0.15, 0.2) is 11.5 Å². The van der Waals surface area contributed by atoms with Gasteiger partial charge in [0.1, 0.15) is 18.1 Å². The number of fused-ring (bicyclic) bond motifs is 2. The van der Waals surface area contributed by atoms with Gasteiger partial charge in [0.25, 0.3) is 11.8 Å². The smallest absolute Gasteiger partial charge is 0.272 e. The van der Waals surface area contributed by atoms with Gasteiger partial charge in [-0.2, -0.15) is 0 Å². The molecule has 13 nitrogen and oxygen atoms in total. The first-order valence-electron chi connectivity index (χ1n) is 16.4. The third-order valence-corrected chi connectivity index (χ3v) is 8.68. The van der Waals surface area contributed by atoms with E-state index in [0.29, 0.717) is 52.8 Å². The molecule has 0 aliphatic carbocycles. The molecule has 0 radical (unpaired) electrons. The van der Waals surface area contributed by atoms with Gasteiger partial charge in [-0.25, -0.2) is 0 Å². The lowest BCUT2D eigenvalue weighted by molar-refractivity contribution is -0.116. The third-order valence-electron chi connectivity index (χ3n) is 8.68. The Kier molecular flexibility index (Phi) is 10.6. The van der Waals surface area contributed by atoms with Gasteiger partial charge in [-0.1, -0.05) is 0 Å². The van der Waals surface area contributed by atoms with Crippen molar-refractivity contribution in [1.29, 1.82) is 0 Å². The van der Waals surface area contributed by atoms with E-state index in [9.17, 15) is 14.4 Å². The molecule has 2 fully saturated rings. The number of aliphatic imine (C=N–C) groups is 1. The fraction of sp³-hybridized carbons (Fsp3) is 0.429. The van der Waals surface area contributed by atoms with E-state index in [1.807, 2.05) is 23.2 Å². The lowest BCUT2D eigenvalue weighted by Crippen LogP contribution is -2.38. The molecule has 3 aliphatic rings. The third kappa shape index (κ3) is 7.97. The van der Waals surface area contributed by atoms with E-state index < -0.39 is 0 Å². The maximum Gasteiger partial charge on any atom is 0.272 e. The number of methoxy groups -OCH3 is 1. The molecule has 4 heterocycles.